The molecule has 1 aromatic carbocycles. The highest BCUT2D eigenvalue weighted by Crippen LogP contribution is 2.30. The van der Waals surface area contributed by atoms with Gasteiger partial charge in [-0.15, -0.1) is 0 Å². The fraction of sp³-hybridized carbons (Fsp3) is 0.0909. The number of thiazole rings is 1. The van der Waals surface area contributed by atoms with Crippen LogP contribution >= 0.6 is 11.3 Å². The summed E-state index contributed by atoms with van der Waals surface area (Å²) in [5.41, 5.74) is 3.68. The van der Waals surface area contributed by atoms with E-state index in [2.05, 4.69) is 9.97 Å². The van der Waals surface area contributed by atoms with E-state index in [9.17, 15) is 14.7 Å². The van der Waals surface area contributed by atoms with Gasteiger partial charge in [-0.2, -0.15) is 0 Å². The molecule has 0 saturated heterocycles. The lowest BCUT2D eigenvalue weighted by atomic mass is 10.1. The minimum atomic E-state index is -1.10. The summed E-state index contributed by atoms with van der Waals surface area (Å²) < 4.78 is 1.37. The van der Waals surface area contributed by atoms with E-state index in [0.29, 0.717) is 27.5 Å². The summed E-state index contributed by atoms with van der Waals surface area (Å²) in [5.74, 6) is -1.10. The molecule has 0 atom stereocenters. The minimum Gasteiger partial charge on any atom is -0.477 e. The van der Waals surface area contributed by atoms with E-state index in [1.54, 1.807) is 37.5 Å². The number of aromatic nitrogens is 3. The Morgan fingerprint density at radius 1 is 1.17 bits per heavy atom. The average Bonchev–Trinajstić information content (AvgIpc) is 3.10. The van der Waals surface area contributed by atoms with Crippen LogP contribution in [-0.2, 0) is 0 Å². The van der Waals surface area contributed by atoms with Crippen LogP contribution in [0.15, 0.2) is 53.6 Å². The van der Waals surface area contributed by atoms with Crippen LogP contribution in [0.1, 0.15) is 32.1 Å². The number of fused-ring (bicyclic) bond motifs is 1. The van der Waals surface area contributed by atoms with Crippen molar-refractivity contribution in [1.82, 2.24) is 14.4 Å². The number of hydrogen-bond acceptors (Lipinski definition) is 5. The van der Waals surface area contributed by atoms with E-state index < -0.39 is 5.97 Å². The van der Waals surface area contributed by atoms with Gasteiger partial charge in [0.15, 0.2) is 4.96 Å². The predicted molar refractivity (Wildman–Crippen MR) is 114 cm³/mol. The number of rotatable bonds is 4. The lowest BCUT2D eigenvalue weighted by Gasteiger charge is -2.05. The number of nitrogens with zero attached hydrogens (tertiary/aromatic N) is 3. The van der Waals surface area contributed by atoms with Crippen LogP contribution in [0.4, 0.5) is 0 Å². The number of pyridine rings is 1. The number of carboxylic acid groups (broad SMARTS) is 1. The first-order valence-electron chi connectivity index (χ1n) is 8.90. The van der Waals surface area contributed by atoms with E-state index in [1.807, 2.05) is 37.3 Å². The largest absolute Gasteiger partial charge is 0.477 e. The molecule has 4 rings (SSSR count). The summed E-state index contributed by atoms with van der Waals surface area (Å²) in [6.07, 6.45) is 6.82. The zero-order valence-corrected chi connectivity index (χ0v) is 16.6. The highest BCUT2D eigenvalue weighted by molar-refractivity contribution is 7.19. The van der Waals surface area contributed by atoms with Gasteiger partial charge < -0.3 is 5.11 Å². The van der Waals surface area contributed by atoms with Gasteiger partial charge in [0.2, 0.25) is 0 Å². The van der Waals surface area contributed by atoms with Gasteiger partial charge in [0.05, 0.1) is 11.4 Å². The second-order valence-electron chi connectivity index (χ2n) is 6.62. The van der Waals surface area contributed by atoms with Gasteiger partial charge in [-0.3, -0.25) is 9.78 Å². The van der Waals surface area contributed by atoms with E-state index in [-0.39, 0.29) is 10.4 Å². The van der Waals surface area contributed by atoms with Crippen LogP contribution in [0.5, 0.6) is 0 Å². The number of carboxylic acids is 1. The minimum absolute atomic E-state index is 0.0572. The molecule has 29 heavy (non-hydrogen) atoms. The zero-order chi connectivity index (χ0) is 20.5. The van der Waals surface area contributed by atoms with Crippen molar-refractivity contribution < 1.29 is 9.90 Å². The van der Waals surface area contributed by atoms with Crippen molar-refractivity contribution in [2.24, 2.45) is 0 Å². The lowest BCUT2D eigenvalue weighted by molar-refractivity contribution is 0.0702. The molecule has 3 aromatic heterocycles. The molecule has 1 N–H and O–H groups in total. The van der Waals surface area contributed by atoms with Crippen molar-refractivity contribution in [1.29, 1.82) is 0 Å². The van der Waals surface area contributed by atoms with E-state index in [0.717, 1.165) is 22.5 Å². The summed E-state index contributed by atoms with van der Waals surface area (Å²) in [6, 6.07) is 11.4. The van der Waals surface area contributed by atoms with Crippen molar-refractivity contribution in [2.45, 2.75) is 13.8 Å². The number of aromatic carboxylic acids is 1. The Morgan fingerprint density at radius 3 is 2.69 bits per heavy atom. The topological polar surface area (TPSA) is 84.6 Å². The monoisotopic (exact) mass is 403 g/mol. The van der Waals surface area contributed by atoms with E-state index in [1.165, 1.54) is 4.40 Å². The van der Waals surface area contributed by atoms with Crippen LogP contribution in [0.25, 0.3) is 28.4 Å². The highest BCUT2D eigenvalue weighted by atomic mass is 32.1. The van der Waals surface area contributed by atoms with Crippen molar-refractivity contribution in [2.75, 3.05) is 0 Å². The fourth-order valence-corrected chi connectivity index (χ4v) is 4.11. The smallest absolute Gasteiger partial charge is 0.348 e. The van der Waals surface area contributed by atoms with Crippen LogP contribution in [0.2, 0.25) is 0 Å². The van der Waals surface area contributed by atoms with Gasteiger partial charge in [-0.1, -0.05) is 47.2 Å². The molecule has 0 aliphatic carbocycles. The van der Waals surface area contributed by atoms with E-state index >= 15 is 0 Å². The SMILES string of the molecule is Cc1cccc(C=Cc2nc3sc(C(=O)O)c(-c4cccnc4)n3c(=O)c2C)c1. The summed E-state index contributed by atoms with van der Waals surface area (Å²) in [7, 11) is 0. The van der Waals surface area contributed by atoms with Crippen molar-refractivity contribution in [3.63, 3.8) is 0 Å². The van der Waals surface area contributed by atoms with Gasteiger partial charge in [0, 0.05) is 23.5 Å². The molecule has 0 bridgehead atoms. The van der Waals surface area contributed by atoms with Crippen molar-refractivity contribution in [3.8, 4) is 11.3 Å². The molecule has 0 amide bonds. The standard InChI is InChI=1S/C22H17N3O3S/c1-13-5-3-6-15(11-13)8-9-17-14(2)20(26)25-18(16-7-4-10-23-12-16)19(21(27)28)29-22(25)24-17/h3-12H,1-2H3,(H,27,28). The Kier molecular flexibility index (Phi) is 4.82. The molecule has 7 heteroatoms. The predicted octanol–water partition coefficient (Wildman–Crippen LogP) is 4.30. The van der Waals surface area contributed by atoms with Gasteiger partial charge >= 0.3 is 5.97 Å². The zero-order valence-electron chi connectivity index (χ0n) is 15.8. The maximum absolute atomic E-state index is 13.1. The Balaban J connectivity index is 1.92. The third-order valence-corrected chi connectivity index (χ3v) is 5.58. The van der Waals surface area contributed by atoms with Gasteiger partial charge in [0.25, 0.3) is 5.56 Å². The molecule has 0 radical (unpaired) electrons. The Hall–Kier alpha value is -3.58. The number of benzene rings is 1. The molecule has 144 valence electrons. The number of carbonyl (C=O) groups is 1. The molecular weight excluding hydrogens is 386 g/mol. The van der Waals surface area contributed by atoms with Crippen LogP contribution in [0.3, 0.4) is 0 Å². The maximum atomic E-state index is 13.1. The second kappa shape index (κ2) is 7.44. The van der Waals surface area contributed by atoms with Gasteiger partial charge in [-0.05, 0) is 37.6 Å². The van der Waals surface area contributed by atoms with E-state index in [4.69, 9.17) is 0 Å². The Labute approximate surface area is 170 Å². The first-order valence-corrected chi connectivity index (χ1v) is 9.72. The molecule has 0 unspecified atom stereocenters. The average molecular weight is 403 g/mol. The van der Waals surface area contributed by atoms with Crippen LogP contribution < -0.4 is 5.56 Å². The summed E-state index contributed by atoms with van der Waals surface area (Å²) in [6.45, 7) is 3.71. The molecule has 6 nitrogen and oxygen atoms in total. The first-order chi connectivity index (χ1) is 14.0. The molecular formula is C22H17N3O3S. The quantitative estimate of drug-likeness (QED) is 0.549. The molecule has 3 heterocycles. The Morgan fingerprint density at radius 2 is 2.00 bits per heavy atom. The number of aryl methyl sites for hydroxylation is 1. The molecule has 0 aliphatic heterocycles. The third kappa shape index (κ3) is 3.48. The summed E-state index contributed by atoms with van der Waals surface area (Å²) >= 11 is 0.979. The van der Waals surface area contributed by atoms with Crippen molar-refractivity contribution in [3.05, 3.63) is 86.4 Å². The lowest BCUT2D eigenvalue weighted by Crippen LogP contribution is -2.19. The normalized spacial score (nSPS) is 11.4. The molecule has 0 saturated carbocycles. The Bertz CT molecular complexity index is 1320. The van der Waals surface area contributed by atoms with Crippen molar-refractivity contribution >= 4 is 34.4 Å². The first kappa shape index (κ1) is 18.8. The third-order valence-electron chi connectivity index (χ3n) is 4.55. The van der Waals surface area contributed by atoms with Crippen LogP contribution in [-0.4, -0.2) is 25.4 Å². The summed E-state index contributed by atoms with van der Waals surface area (Å²) in [5, 5.41) is 9.67. The molecule has 4 aromatic rings. The molecule has 0 aliphatic rings. The van der Waals surface area contributed by atoms with Gasteiger partial charge in [-0.25, -0.2) is 14.2 Å². The van der Waals surface area contributed by atoms with Crippen LogP contribution in [0, 0.1) is 13.8 Å². The molecule has 0 fully saturated rings. The fourth-order valence-electron chi connectivity index (χ4n) is 3.13. The molecule has 0 spiro atoms. The number of hydrogen-bond donors (Lipinski definition) is 1. The second-order valence-corrected chi connectivity index (χ2v) is 7.60. The summed E-state index contributed by atoms with van der Waals surface area (Å²) in [4.78, 5) is 34.0. The van der Waals surface area contributed by atoms with Gasteiger partial charge in [0.1, 0.15) is 4.88 Å². The highest BCUT2D eigenvalue weighted by Gasteiger charge is 2.23. The maximum Gasteiger partial charge on any atom is 0.348 e.